The summed E-state index contributed by atoms with van der Waals surface area (Å²) < 4.78 is 0. The number of hydrogen-bond donors (Lipinski definition) is 4. The lowest BCUT2D eigenvalue weighted by Crippen LogP contribution is -2.34. The van der Waals surface area contributed by atoms with E-state index in [1.54, 1.807) is 12.4 Å². The van der Waals surface area contributed by atoms with Crippen LogP contribution in [0.25, 0.3) is 22.3 Å². The second kappa shape index (κ2) is 10.7. The minimum atomic E-state index is -0.124. The number of rotatable bonds is 10. The number of aromatic amines is 1. The molecule has 0 aliphatic carbocycles. The molecule has 0 atom stereocenters. The third kappa shape index (κ3) is 6.12. The molecule has 4 N–H and O–H groups in total. The molecule has 0 aliphatic heterocycles. The first-order valence-electron chi connectivity index (χ1n) is 10.9. The molecule has 0 saturated heterocycles. The van der Waals surface area contributed by atoms with Crippen LogP contribution in [0.2, 0.25) is 0 Å². The van der Waals surface area contributed by atoms with E-state index >= 15 is 0 Å². The maximum Gasteiger partial charge on any atom is 0.267 e. The van der Waals surface area contributed by atoms with Gasteiger partial charge in [-0.3, -0.25) is 9.78 Å². The normalized spacial score (nSPS) is 11.1. The Labute approximate surface area is 192 Å². The summed E-state index contributed by atoms with van der Waals surface area (Å²) in [5.74, 6) is 0.356. The molecule has 9 heteroatoms. The summed E-state index contributed by atoms with van der Waals surface area (Å²) in [4.78, 5) is 31.0. The van der Waals surface area contributed by atoms with Crippen molar-refractivity contribution in [1.29, 1.82) is 0 Å². The highest BCUT2D eigenvalue weighted by Crippen LogP contribution is 2.23. The number of likely N-dealkylation sites (N-methyl/N-ethyl adjacent to an activating group) is 1. The Bertz CT molecular complexity index is 1210. The lowest BCUT2D eigenvalue weighted by molar-refractivity contribution is 0.0949. The fraction of sp³-hybridized carbons (Fsp3) is 0.250. The monoisotopic (exact) mass is 444 g/mol. The average Bonchev–Trinajstić information content (AvgIpc) is 3.25. The quantitative estimate of drug-likeness (QED) is 0.278. The predicted octanol–water partition coefficient (Wildman–Crippen LogP) is 2.64. The van der Waals surface area contributed by atoms with Gasteiger partial charge >= 0.3 is 0 Å². The van der Waals surface area contributed by atoms with E-state index in [-0.39, 0.29) is 5.91 Å². The van der Waals surface area contributed by atoms with E-state index in [0.717, 1.165) is 47.6 Å². The number of fused-ring (bicyclic) bond motifs is 1. The van der Waals surface area contributed by atoms with Crippen molar-refractivity contribution in [2.75, 3.05) is 45.6 Å². The van der Waals surface area contributed by atoms with Gasteiger partial charge in [-0.25, -0.2) is 9.97 Å². The van der Waals surface area contributed by atoms with E-state index in [1.807, 2.05) is 62.6 Å². The lowest BCUT2D eigenvalue weighted by Gasteiger charge is -2.10. The van der Waals surface area contributed by atoms with Gasteiger partial charge in [0.15, 0.2) is 0 Å². The topological polar surface area (TPSA) is 111 Å². The van der Waals surface area contributed by atoms with Crippen molar-refractivity contribution in [2.45, 2.75) is 0 Å². The van der Waals surface area contributed by atoms with Gasteiger partial charge < -0.3 is 25.8 Å². The Morgan fingerprint density at radius 1 is 0.970 bits per heavy atom. The van der Waals surface area contributed by atoms with E-state index in [0.29, 0.717) is 18.2 Å². The van der Waals surface area contributed by atoms with Crippen LogP contribution in [0.5, 0.6) is 0 Å². The van der Waals surface area contributed by atoms with Gasteiger partial charge in [0, 0.05) is 55.2 Å². The SMILES string of the molecule is CN(C)CCNCCNC(=O)c1cc2cc(Nc3nccc(-c4ccccn4)n3)ccc2[nH]1. The zero-order valence-corrected chi connectivity index (χ0v) is 18.8. The van der Waals surface area contributed by atoms with Crippen LogP contribution in [-0.4, -0.2) is 71.0 Å². The standard InChI is InChI=1S/C24H28N8O/c1-32(2)14-13-25-11-12-27-23(33)22-16-17-15-18(6-7-19(17)30-22)29-24-28-10-8-21(31-24)20-5-3-4-9-26-20/h3-10,15-16,25,30H,11-14H2,1-2H3,(H,27,33)(H,28,29,31). The van der Waals surface area contributed by atoms with Crippen molar-refractivity contribution in [3.8, 4) is 11.4 Å². The van der Waals surface area contributed by atoms with Gasteiger partial charge in [0.05, 0.1) is 11.4 Å². The molecular formula is C24H28N8O. The Morgan fingerprint density at radius 3 is 2.70 bits per heavy atom. The molecule has 170 valence electrons. The maximum absolute atomic E-state index is 12.5. The first kappa shape index (κ1) is 22.4. The molecule has 1 aromatic carbocycles. The van der Waals surface area contributed by atoms with Crippen LogP contribution in [0.15, 0.2) is 60.9 Å². The zero-order valence-electron chi connectivity index (χ0n) is 18.8. The molecule has 3 aromatic heterocycles. The van der Waals surface area contributed by atoms with Gasteiger partial charge in [0.1, 0.15) is 5.69 Å². The van der Waals surface area contributed by atoms with Crippen molar-refractivity contribution in [3.63, 3.8) is 0 Å². The number of anilines is 2. The highest BCUT2D eigenvalue weighted by atomic mass is 16.1. The number of nitrogens with zero attached hydrogens (tertiary/aromatic N) is 4. The molecule has 0 aliphatic rings. The molecule has 0 unspecified atom stereocenters. The summed E-state index contributed by atoms with van der Waals surface area (Å²) in [5, 5.41) is 10.4. The van der Waals surface area contributed by atoms with E-state index in [4.69, 9.17) is 0 Å². The number of amides is 1. The van der Waals surface area contributed by atoms with E-state index < -0.39 is 0 Å². The van der Waals surface area contributed by atoms with Gasteiger partial charge in [0.2, 0.25) is 5.95 Å². The van der Waals surface area contributed by atoms with Gasteiger partial charge in [-0.05, 0) is 56.6 Å². The molecule has 1 amide bonds. The van der Waals surface area contributed by atoms with Crippen molar-refractivity contribution in [1.82, 2.24) is 35.5 Å². The Balaban J connectivity index is 1.38. The minimum absolute atomic E-state index is 0.124. The van der Waals surface area contributed by atoms with Crippen LogP contribution in [-0.2, 0) is 0 Å². The summed E-state index contributed by atoms with van der Waals surface area (Å²) in [6.45, 7) is 3.15. The van der Waals surface area contributed by atoms with E-state index in [2.05, 4.69) is 40.8 Å². The fourth-order valence-electron chi connectivity index (χ4n) is 3.32. The number of nitrogens with one attached hydrogen (secondary N) is 4. The number of pyridine rings is 1. The van der Waals surface area contributed by atoms with E-state index in [9.17, 15) is 4.79 Å². The van der Waals surface area contributed by atoms with Crippen LogP contribution < -0.4 is 16.0 Å². The average molecular weight is 445 g/mol. The van der Waals surface area contributed by atoms with Crippen LogP contribution in [0.4, 0.5) is 11.6 Å². The predicted molar refractivity (Wildman–Crippen MR) is 131 cm³/mol. The first-order valence-corrected chi connectivity index (χ1v) is 10.9. The largest absolute Gasteiger partial charge is 0.351 e. The summed E-state index contributed by atoms with van der Waals surface area (Å²) in [6, 6.07) is 15.2. The van der Waals surface area contributed by atoms with E-state index in [1.165, 1.54) is 0 Å². The number of carbonyl (C=O) groups is 1. The smallest absolute Gasteiger partial charge is 0.267 e. The summed E-state index contributed by atoms with van der Waals surface area (Å²) in [6.07, 6.45) is 3.44. The fourth-order valence-corrected chi connectivity index (χ4v) is 3.32. The molecule has 0 saturated carbocycles. The Hall–Kier alpha value is -3.82. The molecule has 0 bridgehead atoms. The lowest BCUT2D eigenvalue weighted by atomic mass is 10.2. The molecule has 0 fully saturated rings. The van der Waals surface area contributed by atoms with Crippen molar-refractivity contribution in [3.05, 3.63) is 66.6 Å². The number of aromatic nitrogens is 4. The van der Waals surface area contributed by atoms with Gasteiger partial charge in [-0.15, -0.1) is 0 Å². The van der Waals surface area contributed by atoms with Crippen LogP contribution in [0.1, 0.15) is 10.5 Å². The molecular weight excluding hydrogens is 416 g/mol. The van der Waals surface area contributed by atoms with Crippen LogP contribution in [0.3, 0.4) is 0 Å². The first-order chi connectivity index (χ1) is 16.1. The summed E-state index contributed by atoms with van der Waals surface area (Å²) in [7, 11) is 4.07. The Morgan fingerprint density at radius 2 is 1.88 bits per heavy atom. The van der Waals surface area contributed by atoms with Crippen molar-refractivity contribution < 1.29 is 4.79 Å². The summed E-state index contributed by atoms with van der Waals surface area (Å²) >= 11 is 0. The molecule has 0 radical (unpaired) electrons. The molecule has 4 rings (SSSR count). The zero-order chi connectivity index (χ0) is 23.0. The number of hydrogen-bond acceptors (Lipinski definition) is 7. The third-order valence-corrected chi connectivity index (χ3v) is 5.03. The Kier molecular flexibility index (Phi) is 7.23. The second-order valence-corrected chi connectivity index (χ2v) is 7.90. The van der Waals surface area contributed by atoms with Crippen molar-refractivity contribution in [2.24, 2.45) is 0 Å². The van der Waals surface area contributed by atoms with Crippen LogP contribution >= 0.6 is 0 Å². The number of H-pyrrole nitrogens is 1. The van der Waals surface area contributed by atoms with Crippen LogP contribution in [0, 0.1) is 0 Å². The van der Waals surface area contributed by atoms with Gasteiger partial charge in [-0.2, -0.15) is 0 Å². The van der Waals surface area contributed by atoms with Crippen molar-refractivity contribution >= 4 is 28.4 Å². The molecule has 9 nitrogen and oxygen atoms in total. The highest BCUT2D eigenvalue weighted by Gasteiger charge is 2.10. The third-order valence-electron chi connectivity index (χ3n) is 5.03. The summed E-state index contributed by atoms with van der Waals surface area (Å²) in [5.41, 5.74) is 3.78. The maximum atomic E-state index is 12.5. The number of benzene rings is 1. The molecule has 3 heterocycles. The molecule has 0 spiro atoms. The minimum Gasteiger partial charge on any atom is -0.351 e. The highest BCUT2D eigenvalue weighted by molar-refractivity contribution is 5.98. The van der Waals surface area contributed by atoms with Gasteiger partial charge in [-0.1, -0.05) is 6.07 Å². The molecule has 4 aromatic rings. The van der Waals surface area contributed by atoms with Gasteiger partial charge in [0.25, 0.3) is 5.91 Å². The molecule has 33 heavy (non-hydrogen) atoms. The number of carbonyl (C=O) groups excluding carboxylic acids is 1. The second-order valence-electron chi connectivity index (χ2n) is 7.90.